The summed E-state index contributed by atoms with van der Waals surface area (Å²) in [7, 11) is 1.91. The lowest BCUT2D eigenvalue weighted by molar-refractivity contribution is -0.111. The van der Waals surface area contributed by atoms with Crippen LogP contribution in [0.15, 0.2) is 36.4 Å². The first kappa shape index (κ1) is 23.2. The monoisotopic (exact) mass is 445 g/mol. The van der Waals surface area contributed by atoms with Gasteiger partial charge in [-0.3, -0.25) is 9.59 Å². The van der Waals surface area contributed by atoms with Crippen molar-refractivity contribution in [2.75, 3.05) is 19.2 Å². The lowest BCUT2D eigenvalue weighted by atomic mass is 9.75. The predicted octanol–water partition coefficient (Wildman–Crippen LogP) is 0.662. The third-order valence-electron chi connectivity index (χ3n) is 5.58. The topological polar surface area (TPSA) is 163 Å². The van der Waals surface area contributed by atoms with E-state index in [9.17, 15) is 24.9 Å². The molecular weight excluding hydrogens is 418 g/mol. The zero-order chi connectivity index (χ0) is 23.3. The molecule has 0 aromatic heterocycles. The van der Waals surface area contributed by atoms with Gasteiger partial charge in [-0.25, -0.2) is 0 Å². The number of ether oxygens (including phenoxy) is 2. The van der Waals surface area contributed by atoms with Gasteiger partial charge in [0.05, 0.1) is 17.8 Å². The summed E-state index contributed by atoms with van der Waals surface area (Å²) in [5, 5.41) is 35.7. The van der Waals surface area contributed by atoms with Crippen molar-refractivity contribution in [3.63, 3.8) is 0 Å². The Morgan fingerprint density at radius 2 is 1.84 bits per heavy atom. The largest absolute Gasteiger partial charge is 0.504 e. The minimum absolute atomic E-state index is 0.0313. The molecule has 172 valence electrons. The normalized spacial score (nSPS) is 23.5. The Morgan fingerprint density at radius 3 is 2.44 bits per heavy atom. The highest BCUT2D eigenvalue weighted by atomic mass is 16.7. The number of aromatic hydroxyl groups is 1. The number of para-hydroxylation sites is 1. The van der Waals surface area contributed by atoms with Crippen LogP contribution in [0.4, 0.5) is 5.69 Å². The second kappa shape index (κ2) is 10.2. The van der Waals surface area contributed by atoms with E-state index in [2.05, 4.69) is 10.6 Å². The van der Waals surface area contributed by atoms with E-state index in [4.69, 9.17) is 15.2 Å². The average Bonchev–Trinajstić information content (AvgIpc) is 3.26. The number of fused-ring (bicyclic) bond motifs is 1. The number of phenols is 1. The number of aliphatic hydroxyl groups excluding tert-OH is 2. The first-order valence-corrected chi connectivity index (χ1v) is 10.1. The van der Waals surface area contributed by atoms with Crippen molar-refractivity contribution >= 4 is 18.0 Å². The Bertz CT molecular complexity index is 954. The molecule has 1 heterocycles. The highest BCUT2D eigenvalue weighted by Crippen LogP contribution is 2.48. The molecule has 0 bridgehead atoms. The number of anilines is 1. The lowest BCUT2D eigenvalue weighted by Crippen LogP contribution is -2.47. The van der Waals surface area contributed by atoms with E-state index >= 15 is 0 Å². The number of aliphatic hydroxyl groups is 2. The van der Waals surface area contributed by atoms with Gasteiger partial charge < -0.3 is 41.2 Å². The van der Waals surface area contributed by atoms with Crippen LogP contribution in [0.2, 0.25) is 0 Å². The minimum Gasteiger partial charge on any atom is -0.504 e. The maximum absolute atomic E-state index is 11.9. The Morgan fingerprint density at radius 1 is 1.16 bits per heavy atom. The first-order chi connectivity index (χ1) is 15.4. The molecule has 10 nitrogen and oxygen atoms in total. The number of primary amides is 1. The summed E-state index contributed by atoms with van der Waals surface area (Å²) in [4.78, 5) is 22.7. The average molecular weight is 445 g/mol. The summed E-state index contributed by atoms with van der Waals surface area (Å²) in [6.45, 7) is -0.105. The van der Waals surface area contributed by atoms with Crippen LogP contribution >= 0.6 is 0 Å². The molecule has 32 heavy (non-hydrogen) atoms. The Kier molecular flexibility index (Phi) is 7.39. The Hall–Kier alpha value is -3.50. The highest BCUT2D eigenvalue weighted by Gasteiger charge is 2.39. The number of hydrogen-bond donors (Lipinski definition) is 6. The quantitative estimate of drug-likeness (QED) is 0.366. The maximum Gasteiger partial charge on any atom is 0.252 e. The number of nitrogens with two attached hydrogens (primary N) is 1. The number of rotatable bonds is 5. The molecule has 2 aromatic carbocycles. The molecule has 2 amide bonds. The van der Waals surface area contributed by atoms with Crippen LogP contribution in [0.5, 0.6) is 17.2 Å². The molecule has 2 aliphatic rings. The number of amides is 2. The van der Waals surface area contributed by atoms with Crippen molar-refractivity contribution in [2.24, 2.45) is 5.73 Å². The van der Waals surface area contributed by atoms with Crippen molar-refractivity contribution in [1.82, 2.24) is 5.32 Å². The van der Waals surface area contributed by atoms with Crippen molar-refractivity contribution in [3.8, 4) is 17.2 Å². The summed E-state index contributed by atoms with van der Waals surface area (Å²) in [6, 6.07) is 11.0. The van der Waals surface area contributed by atoms with E-state index in [1.54, 1.807) is 0 Å². The predicted molar refractivity (Wildman–Crippen MR) is 116 cm³/mol. The van der Waals surface area contributed by atoms with Crippen molar-refractivity contribution in [1.29, 1.82) is 0 Å². The van der Waals surface area contributed by atoms with Gasteiger partial charge in [-0.1, -0.05) is 18.2 Å². The van der Waals surface area contributed by atoms with Gasteiger partial charge in [0.25, 0.3) is 5.91 Å². The van der Waals surface area contributed by atoms with E-state index in [1.807, 2.05) is 37.4 Å². The van der Waals surface area contributed by atoms with E-state index < -0.39 is 35.8 Å². The van der Waals surface area contributed by atoms with Crippen LogP contribution in [-0.2, 0) is 4.79 Å². The van der Waals surface area contributed by atoms with Crippen molar-refractivity contribution in [2.45, 2.75) is 37.0 Å². The molecule has 4 rings (SSSR count). The molecule has 0 saturated heterocycles. The summed E-state index contributed by atoms with van der Waals surface area (Å²) >= 11 is 0. The van der Waals surface area contributed by atoms with Gasteiger partial charge in [0.1, 0.15) is 0 Å². The van der Waals surface area contributed by atoms with Crippen LogP contribution in [0.3, 0.4) is 0 Å². The van der Waals surface area contributed by atoms with Crippen LogP contribution in [0.1, 0.15) is 34.7 Å². The zero-order valence-electron chi connectivity index (χ0n) is 17.5. The molecule has 3 unspecified atom stereocenters. The number of hydrogen-bond acceptors (Lipinski definition) is 8. The summed E-state index contributed by atoms with van der Waals surface area (Å²) in [6.07, 6.45) is -1.38. The minimum atomic E-state index is -1.03. The molecule has 1 fully saturated rings. The van der Waals surface area contributed by atoms with Crippen LogP contribution in [0, 0.1) is 0 Å². The number of carbonyl (C=O) groups is 2. The van der Waals surface area contributed by atoms with Crippen LogP contribution in [-0.4, -0.2) is 59.7 Å². The SMILES string of the molecule is CNc1ccccc1.NC(=O)c1c([C@@H]2CC(O)C(O)CC2NC=O)cc2c(c1O)OCO2. The third-order valence-corrected chi connectivity index (χ3v) is 5.58. The molecule has 2 aromatic rings. The fourth-order valence-electron chi connectivity index (χ4n) is 3.98. The molecule has 1 aliphatic carbocycles. The fraction of sp³-hybridized carbons (Fsp3) is 0.364. The first-order valence-electron chi connectivity index (χ1n) is 10.1. The molecule has 4 atom stereocenters. The van der Waals surface area contributed by atoms with E-state index in [-0.39, 0.29) is 36.7 Å². The van der Waals surface area contributed by atoms with Crippen molar-refractivity contribution < 1.29 is 34.4 Å². The zero-order valence-corrected chi connectivity index (χ0v) is 17.5. The van der Waals surface area contributed by atoms with Crippen LogP contribution in [0.25, 0.3) is 0 Å². The summed E-state index contributed by atoms with van der Waals surface area (Å²) < 4.78 is 10.4. The summed E-state index contributed by atoms with van der Waals surface area (Å²) in [5.41, 5.74) is 6.74. The third kappa shape index (κ3) is 4.87. The van der Waals surface area contributed by atoms with Gasteiger partial charge in [0.2, 0.25) is 19.0 Å². The lowest BCUT2D eigenvalue weighted by Gasteiger charge is -2.37. The fourth-order valence-corrected chi connectivity index (χ4v) is 3.98. The second-order valence-corrected chi connectivity index (χ2v) is 7.51. The van der Waals surface area contributed by atoms with Gasteiger partial charge in [0.15, 0.2) is 11.5 Å². The molecule has 7 N–H and O–H groups in total. The smallest absolute Gasteiger partial charge is 0.252 e. The van der Waals surface area contributed by atoms with Gasteiger partial charge in [-0.05, 0) is 36.6 Å². The molecule has 10 heteroatoms. The standard InChI is InChI=1S/C15H18N2O7.C7H9N/c16-15(22)12-7(2-11-14(13(12)21)24-5-23-11)6-1-9(19)10(20)3-8(6)17-4-18;1-8-7-5-3-2-4-6-7/h2,4,6,8-10,19-21H,1,3,5H2,(H2,16,22)(H,17,18);2-6,8H,1H3/t6-,8?,9?,10?;/m0./s1. The van der Waals surface area contributed by atoms with E-state index in [1.165, 1.54) is 6.07 Å². The Balaban J connectivity index is 0.000000305. The Labute approximate surface area is 185 Å². The second-order valence-electron chi connectivity index (χ2n) is 7.51. The maximum atomic E-state index is 11.9. The molecule has 0 spiro atoms. The van der Waals surface area contributed by atoms with Gasteiger partial charge in [-0.15, -0.1) is 0 Å². The summed E-state index contributed by atoms with van der Waals surface area (Å²) in [5.74, 6) is -1.57. The molecular formula is C22H27N3O7. The number of nitrogens with one attached hydrogen (secondary N) is 2. The van der Waals surface area contributed by atoms with Gasteiger partial charge >= 0.3 is 0 Å². The van der Waals surface area contributed by atoms with Gasteiger partial charge in [-0.2, -0.15) is 0 Å². The van der Waals surface area contributed by atoms with E-state index in [0.29, 0.717) is 12.0 Å². The highest BCUT2D eigenvalue weighted by molar-refractivity contribution is 5.99. The van der Waals surface area contributed by atoms with Crippen molar-refractivity contribution in [3.05, 3.63) is 47.5 Å². The number of benzene rings is 2. The number of carbonyl (C=O) groups excluding carboxylic acids is 2. The molecule has 0 radical (unpaired) electrons. The van der Waals surface area contributed by atoms with E-state index in [0.717, 1.165) is 5.69 Å². The molecule has 1 aliphatic heterocycles. The molecule has 1 saturated carbocycles. The van der Waals surface area contributed by atoms with Gasteiger partial charge in [0, 0.05) is 24.7 Å². The van der Waals surface area contributed by atoms with Crippen LogP contribution < -0.4 is 25.8 Å².